The van der Waals surface area contributed by atoms with E-state index in [1.54, 1.807) is 6.07 Å². The summed E-state index contributed by atoms with van der Waals surface area (Å²) in [6.07, 6.45) is 1.52. The summed E-state index contributed by atoms with van der Waals surface area (Å²) in [5.41, 5.74) is -0.280. The Morgan fingerprint density at radius 3 is 2.72 bits per heavy atom. The Balaban J connectivity index is 2.72. The predicted molar refractivity (Wildman–Crippen MR) is 68.1 cm³/mol. The van der Waals surface area contributed by atoms with Crippen LogP contribution in [0.3, 0.4) is 0 Å². The Morgan fingerprint density at radius 1 is 1.44 bits per heavy atom. The third-order valence-electron chi connectivity index (χ3n) is 2.27. The standard InChI is InChI=1S/C11H13BrN2O4/c1-13(7-11(17)18-2)10(16)6-14-5-8(12)3-4-9(14)15/h3-5H,6-7H2,1-2H3. The molecular weight excluding hydrogens is 304 g/mol. The molecule has 0 aliphatic carbocycles. The van der Waals surface area contributed by atoms with E-state index in [0.29, 0.717) is 4.47 Å². The second-order valence-electron chi connectivity index (χ2n) is 3.64. The van der Waals surface area contributed by atoms with E-state index in [4.69, 9.17) is 0 Å². The lowest BCUT2D eigenvalue weighted by Gasteiger charge is -2.16. The van der Waals surface area contributed by atoms with Crippen molar-refractivity contribution in [2.45, 2.75) is 6.54 Å². The lowest BCUT2D eigenvalue weighted by Crippen LogP contribution is -2.37. The van der Waals surface area contributed by atoms with Crippen molar-refractivity contribution in [1.82, 2.24) is 9.47 Å². The van der Waals surface area contributed by atoms with Crippen molar-refractivity contribution < 1.29 is 14.3 Å². The van der Waals surface area contributed by atoms with Crippen LogP contribution in [0.1, 0.15) is 0 Å². The molecule has 0 aromatic carbocycles. The highest BCUT2D eigenvalue weighted by Gasteiger charge is 2.14. The van der Waals surface area contributed by atoms with Crippen LogP contribution in [0.25, 0.3) is 0 Å². The average Bonchev–Trinajstić information content (AvgIpc) is 2.33. The van der Waals surface area contributed by atoms with Crippen molar-refractivity contribution in [2.75, 3.05) is 20.7 Å². The molecule has 7 heteroatoms. The van der Waals surface area contributed by atoms with E-state index in [1.165, 1.54) is 35.9 Å². The molecule has 0 bridgehead atoms. The van der Waals surface area contributed by atoms with E-state index < -0.39 is 5.97 Å². The molecule has 0 N–H and O–H groups in total. The molecule has 0 spiro atoms. The number of esters is 1. The van der Waals surface area contributed by atoms with Crippen LogP contribution in [0.2, 0.25) is 0 Å². The summed E-state index contributed by atoms with van der Waals surface area (Å²) in [6, 6.07) is 2.96. The molecule has 0 aliphatic rings. The van der Waals surface area contributed by atoms with Crippen LogP contribution in [0, 0.1) is 0 Å². The molecule has 0 saturated heterocycles. The third-order valence-corrected chi connectivity index (χ3v) is 2.74. The Hall–Kier alpha value is -1.63. The zero-order valence-corrected chi connectivity index (χ0v) is 11.6. The molecule has 0 fully saturated rings. The quantitative estimate of drug-likeness (QED) is 0.746. The normalized spacial score (nSPS) is 9.94. The summed E-state index contributed by atoms with van der Waals surface area (Å²) in [4.78, 5) is 35.5. The number of hydrogen-bond acceptors (Lipinski definition) is 4. The lowest BCUT2D eigenvalue weighted by atomic mass is 10.4. The fourth-order valence-corrected chi connectivity index (χ4v) is 1.62. The average molecular weight is 317 g/mol. The Bertz CT molecular complexity index is 512. The van der Waals surface area contributed by atoms with E-state index in [-0.39, 0.29) is 24.6 Å². The molecule has 0 unspecified atom stereocenters. The highest BCUT2D eigenvalue weighted by atomic mass is 79.9. The van der Waals surface area contributed by atoms with Crippen LogP contribution in [0.4, 0.5) is 0 Å². The minimum absolute atomic E-state index is 0.119. The molecule has 1 rings (SSSR count). The van der Waals surface area contributed by atoms with E-state index >= 15 is 0 Å². The molecule has 1 amide bonds. The minimum atomic E-state index is -0.507. The third kappa shape index (κ3) is 3.99. The number of aromatic nitrogens is 1. The second-order valence-corrected chi connectivity index (χ2v) is 4.56. The van der Waals surface area contributed by atoms with Gasteiger partial charge in [-0.05, 0) is 22.0 Å². The maximum atomic E-state index is 11.8. The van der Waals surface area contributed by atoms with Crippen molar-refractivity contribution >= 4 is 27.8 Å². The SMILES string of the molecule is COC(=O)CN(C)C(=O)Cn1cc(Br)ccc1=O. The fourth-order valence-electron chi connectivity index (χ4n) is 1.24. The Kier molecular flexibility index (Phi) is 5.08. The Morgan fingerprint density at radius 2 is 2.11 bits per heavy atom. The molecule has 6 nitrogen and oxygen atoms in total. The monoisotopic (exact) mass is 316 g/mol. The summed E-state index contributed by atoms with van der Waals surface area (Å²) in [6.45, 7) is -0.260. The number of halogens is 1. The van der Waals surface area contributed by atoms with Crippen LogP contribution in [0.5, 0.6) is 0 Å². The number of nitrogens with zero attached hydrogens (tertiary/aromatic N) is 2. The van der Waals surface area contributed by atoms with Crippen LogP contribution in [-0.4, -0.2) is 42.0 Å². The summed E-state index contributed by atoms with van der Waals surface area (Å²) in [7, 11) is 2.72. The lowest BCUT2D eigenvalue weighted by molar-refractivity contribution is -0.146. The molecule has 0 radical (unpaired) electrons. The van der Waals surface area contributed by atoms with Gasteiger partial charge in [0.2, 0.25) is 5.91 Å². The fraction of sp³-hybridized carbons (Fsp3) is 0.364. The summed E-state index contributed by atoms with van der Waals surface area (Å²) >= 11 is 3.22. The highest BCUT2D eigenvalue weighted by Crippen LogP contribution is 2.05. The van der Waals surface area contributed by atoms with Crippen molar-refractivity contribution in [2.24, 2.45) is 0 Å². The van der Waals surface area contributed by atoms with Gasteiger partial charge in [-0.25, -0.2) is 0 Å². The number of pyridine rings is 1. The van der Waals surface area contributed by atoms with Crippen molar-refractivity contribution in [3.63, 3.8) is 0 Å². The zero-order chi connectivity index (χ0) is 13.7. The van der Waals surface area contributed by atoms with Gasteiger partial charge in [0.25, 0.3) is 5.56 Å². The second kappa shape index (κ2) is 6.34. The van der Waals surface area contributed by atoms with Crippen LogP contribution >= 0.6 is 15.9 Å². The number of rotatable bonds is 4. The summed E-state index contributed by atoms with van der Waals surface area (Å²) < 4.78 is 6.42. The minimum Gasteiger partial charge on any atom is -0.468 e. The molecular formula is C11H13BrN2O4. The first-order valence-corrected chi connectivity index (χ1v) is 5.90. The number of carbonyl (C=O) groups is 2. The maximum absolute atomic E-state index is 11.8. The smallest absolute Gasteiger partial charge is 0.325 e. The van der Waals surface area contributed by atoms with Gasteiger partial charge in [-0.15, -0.1) is 0 Å². The maximum Gasteiger partial charge on any atom is 0.325 e. The number of hydrogen-bond donors (Lipinski definition) is 0. The van der Waals surface area contributed by atoms with Gasteiger partial charge < -0.3 is 14.2 Å². The van der Waals surface area contributed by atoms with E-state index in [1.807, 2.05) is 0 Å². The molecule has 1 aromatic heterocycles. The first kappa shape index (κ1) is 14.4. The molecule has 0 atom stereocenters. The highest BCUT2D eigenvalue weighted by molar-refractivity contribution is 9.10. The van der Waals surface area contributed by atoms with Gasteiger partial charge in [0.05, 0.1) is 7.11 Å². The first-order valence-electron chi connectivity index (χ1n) is 5.11. The summed E-state index contributed by atoms with van der Waals surface area (Å²) in [5, 5.41) is 0. The molecule has 1 heterocycles. The largest absolute Gasteiger partial charge is 0.468 e. The Labute approximate surface area is 112 Å². The zero-order valence-electron chi connectivity index (χ0n) is 10.1. The number of ether oxygens (including phenoxy) is 1. The number of amides is 1. The van der Waals surface area contributed by atoms with Gasteiger partial charge in [0.1, 0.15) is 13.1 Å². The van der Waals surface area contributed by atoms with Crippen molar-refractivity contribution in [1.29, 1.82) is 0 Å². The van der Waals surface area contributed by atoms with Gasteiger partial charge in [0.15, 0.2) is 0 Å². The summed E-state index contributed by atoms with van der Waals surface area (Å²) in [5.74, 6) is -0.854. The number of carbonyl (C=O) groups excluding carboxylic acids is 2. The van der Waals surface area contributed by atoms with Crippen molar-refractivity contribution in [3.05, 3.63) is 33.2 Å². The first-order chi connectivity index (χ1) is 8.43. The van der Waals surface area contributed by atoms with Gasteiger partial charge in [0, 0.05) is 23.8 Å². The van der Waals surface area contributed by atoms with Crippen LogP contribution in [-0.2, 0) is 20.9 Å². The molecule has 98 valence electrons. The van der Waals surface area contributed by atoms with Crippen molar-refractivity contribution in [3.8, 4) is 0 Å². The molecule has 0 aliphatic heterocycles. The topological polar surface area (TPSA) is 68.6 Å². The van der Waals surface area contributed by atoms with Gasteiger partial charge in [-0.1, -0.05) is 0 Å². The van der Waals surface area contributed by atoms with E-state index in [0.717, 1.165) is 0 Å². The molecule has 1 aromatic rings. The number of methoxy groups -OCH3 is 1. The van der Waals surface area contributed by atoms with Gasteiger partial charge in [-0.3, -0.25) is 14.4 Å². The van der Waals surface area contributed by atoms with Gasteiger partial charge in [-0.2, -0.15) is 0 Å². The predicted octanol–water partition coefficient (Wildman–Crippen LogP) is 0.242. The van der Waals surface area contributed by atoms with Crippen LogP contribution in [0.15, 0.2) is 27.6 Å². The molecule has 0 saturated carbocycles. The van der Waals surface area contributed by atoms with Crippen LogP contribution < -0.4 is 5.56 Å². The number of likely N-dealkylation sites (N-methyl/N-ethyl adjacent to an activating group) is 1. The molecule has 18 heavy (non-hydrogen) atoms. The van der Waals surface area contributed by atoms with E-state index in [9.17, 15) is 14.4 Å². The van der Waals surface area contributed by atoms with Gasteiger partial charge >= 0.3 is 5.97 Å². The van der Waals surface area contributed by atoms with E-state index in [2.05, 4.69) is 20.7 Å².